The molecule has 21 rings (SSSR count). The molecule has 1 fully saturated rings. The van der Waals surface area contributed by atoms with Crippen molar-refractivity contribution in [1.29, 1.82) is 0 Å². The Morgan fingerprint density at radius 3 is 1.02 bits per heavy atom. The number of nitrogens with zero attached hydrogens (tertiary/aromatic N) is 2. The van der Waals surface area contributed by atoms with E-state index in [-0.39, 0.29) is 70.0 Å². The van der Waals surface area contributed by atoms with E-state index in [9.17, 15) is 0 Å². The van der Waals surface area contributed by atoms with E-state index in [0.717, 1.165) is 54.3 Å². The molecule has 0 bridgehead atoms. The Balaban J connectivity index is 0.000000145. The number of halogens is 1. The molecule has 18 aromatic carbocycles. The van der Waals surface area contributed by atoms with Crippen LogP contribution >= 0.6 is 15.9 Å². The van der Waals surface area contributed by atoms with Gasteiger partial charge in [0, 0.05) is 57.1 Å². The Labute approximate surface area is 796 Å². The van der Waals surface area contributed by atoms with Gasteiger partial charge in [-0.15, -0.1) is 70.7 Å². The summed E-state index contributed by atoms with van der Waals surface area (Å²) in [6, 6.07) is 142. The molecule has 2 atom stereocenters. The zero-order chi connectivity index (χ0) is 88.6. The SMILES string of the molecule is Brc1cccc(-c2ccc(-c3cccc4ccccc34)c3c(-c4cccc5ccccc45)cccc23)c1.CC(O)=CC(C)O.CC(O)=CC(C)O.CC1(C)OB(c2cc[c-]c(-c3nccc4ccccc34)c2)OC1(C)C.[Ir].[Ir].[c-]1ccc(-c2cccc(-c3ccc(-c4cccc5ccccc45)c4c(-c5cccc6ccccc56)cccc34)c2)cc1-c1nccc2ccccc12. The van der Waals surface area contributed by atoms with Crippen LogP contribution in [0.2, 0.25) is 0 Å². The first kappa shape index (κ1) is 91.8. The van der Waals surface area contributed by atoms with Crippen molar-refractivity contribution < 1.29 is 69.9 Å². The van der Waals surface area contributed by atoms with E-state index in [1.165, 1.54) is 168 Å². The molecule has 8 nitrogen and oxygen atoms in total. The summed E-state index contributed by atoms with van der Waals surface area (Å²) < 4.78 is 13.4. The second kappa shape index (κ2) is 40.8. The maximum absolute atomic E-state index is 8.49. The molecule has 0 aliphatic carbocycles. The fourth-order valence-corrected chi connectivity index (χ4v) is 17.9. The number of pyridine rings is 2. The third-order valence-corrected chi connectivity index (χ3v) is 24.5. The molecule has 2 unspecified atom stereocenters. The number of aromatic nitrogens is 2. The molecule has 0 spiro atoms. The van der Waals surface area contributed by atoms with Crippen molar-refractivity contribution >= 4 is 115 Å². The molecule has 1 saturated heterocycles. The zero-order valence-corrected chi connectivity index (χ0v) is 79.8. The first-order chi connectivity index (χ1) is 62.2. The summed E-state index contributed by atoms with van der Waals surface area (Å²) >= 11 is 3.68. The fraction of sp³-hybridized carbons (Fsp3) is 0.102. The van der Waals surface area contributed by atoms with E-state index < -0.39 is 12.2 Å². The maximum Gasteiger partial charge on any atom is 0.475 e. The summed E-state index contributed by atoms with van der Waals surface area (Å²) in [5, 5.41) is 53.5. The second-order valence-electron chi connectivity index (χ2n) is 33.4. The van der Waals surface area contributed by atoms with Gasteiger partial charge in [-0.05, 0) is 268 Å². The normalized spacial score (nSPS) is 13.2. The smallest absolute Gasteiger partial charge is 0.475 e. The van der Waals surface area contributed by atoms with Crippen molar-refractivity contribution in [1.82, 2.24) is 9.97 Å². The third kappa shape index (κ3) is 19.9. The van der Waals surface area contributed by atoms with Gasteiger partial charge in [0.15, 0.2) is 0 Å². The molecular weight excluding hydrogens is 2020 g/mol. The van der Waals surface area contributed by atoms with E-state index >= 15 is 0 Å². The molecule has 3 heterocycles. The number of benzene rings is 18. The molecule has 12 heteroatoms. The number of allylic oxidation sites excluding steroid dienone is 2. The molecule has 1 aliphatic rings. The van der Waals surface area contributed by atoms with Gasteiger partial charge in [-0.2, -0.15) is 0 Å². The van der Waals surface area contributed by atoms with Crippen LogP contribution in [0.1, 0.15) is 55.4 Å². The van der Waals surface area contributed by atoms with Crippen molar-refractivity contribution in [2.24, 2.45) is 0 Å². The second-order valence-corrected chi connectivity index (χ2v) is 34.4. The molecule has 644 valence electrons. The van der Waals surface area contributed by atoms with Gasteiger partial charge < -0.3 is 39.7 Å². The fourth-order valence-electron chi connectivity index (χ4n) is 17.5. The van der Waals surface area contributed by atoms with E-state index in [2.05, 4.69) is 400 Å². The number of aliphatic hydroxyl groups excluding tert-OH is 4. The van der Waals surface area contributed by atoms with Crippen LogP contribution in [0.15, 0.2) is 417 Å². The molecular formula is C118H96BBrIr2N2O6-2. The first-order valence-electron chi connectivity index (χ1n) is 43.3. The van der Waals surface area contributed by atoms with E-state index in [4.69, 9.17) is 34.7 Å². The van der Waals surface area contributed by atoms with Crippen LogP contribution in [-0.2, 0) is 49.5 Å². The molecule has 0 saturated carbocycles. The number of rotatable bonds is 12. The zero-order valence-electron chi connectivity index (χ0n) is 73.4. The Bertz CT molecular complexity index is 7350. The molecule has 4 N–H and O–H groups in total. The van der Waals surface area contributed by atoms with Gasteiger partial charge in [0.05, 0.1) is 34.9 Å². The number of fused-ring (bicyclic) bond motifs is 8. The predicted octanol–water partition coefficient (Wildman–Crippen LogP) is 30.4. The molecule has 0 amide bonds. The van der Waals surface area contributed by atoms with Crippen molar-refractivity contribution in [3.05, 3.63) is 429 Å². The molecule has 130 heavy (non-hydrogen) atoms. The Kier molecular flexibility index (Phi) is 28.8. The average molecular weight is 2110 g/mol. The van der Waals surface area contributed by atoms with Crippen molar-refractivity contribution in [3.63, 3.8) is 0 Å². The summed E-state index contributed by atoms with van der Waals surface area (Å²) in [6.07, 6.45) is 5.38. The van der Waals surface area contributed by atoms with Crippen LogP contribution in [0.4, 0.5) is 0 Å². The molecule has 20 aromatic rings. The van der Waals surface area contributed by atoms with Crippen LogP contribution in [0.3, 0.4) is 0 Å². The predicted molar refractivity (Wildman–Crippen MR) is 541 cm³/mol. The number of hydrogen-bond donors (Lipinski definition) is 4. The average Bonchev–Trinajstić information content (AvgIpc) is 0.933. The summed E-state index contributed by atoms with van der Waals surface area (Å²) in [5.41, 5.74) is 21.2. The van der Waals surface area contributed by atoms with Gasteiger partial charge in [-0.3, -0.25) is 0 Å². The summed E-state index contributed by atoms with van der Waals surface area (Å²) in [5.74, 6) is 0.324. The Morgan fingerprint density at radius 2 is 0.623 bits per heavy atom. The van der Waals surface area contributed by atoms with Crippen LogP contribution < -0.4 is 5.46 Å². The van der Waals surface area contributed by atoms with Crippen molar-refractivity contribution in [2.75, 3.05) is 0 Å². The van der Waals surface area contributed by atoms with Gasteiger partial charge in [-0.25, -0.2) is 0 Å². The van der Waals surface area contributed by atoms with Gasteiger partial charge in [0.2, 0.25) is 0 Å². The quantitative estimate of drug-likeness (QED) is 0.0542. The van der Waals surface area contributed by atoms with Crippen LogP contribution in [0, 0.1) is 12.1 Å². The van der Waals surface area contributed by atoms with Crippen LogP contribution in [0.25, 0.3) is 187 Å². The minimum Gasteiger partial charge on any atom is -0.513 e. The monoisotopic (exact) mass is 2110 g/mol. The topological polar surface area (TPSA) is 125 Å². The maximum atomic E-state index is 8.49. The van der Waals surface area contributed by atoms with Crippen molar-refractivity contribution in [3.8, 4) is 100 Å². The largest absolute Gasteiger partial charge is 0.513 e. The Hall–Kier alpha value is -12.9. The summed E-state index contributed by atoms with van der Waals surface area (Å²) in [7, 11) is -0.381. The van der Waals surface area contributed by atoms with Crippen LogP contribution in [-0.4, -0.2) is 60.9 Å². The minimum atomic E-state index is -0.537. The van der Waals surface area contributed by atoms with Crippen molar-refractivity contribution in [2.45, 2.75) is 78.8 Å². The summed E-state index contributed by atoms with van der Waals surface area (Å²) in [4.78, 5) is 9.37. The standard InChI is InChI=1S/C51H32N.C36H23Br.C21H21BNO2.2C5H10O2.2Ir/c1-4-21-41-34(12-1)15-9-24-45(41)48-27-11-26-47-43(28-29-49(50(47)48)46-25-10-16-35-13-2-5-22-42(35)46)39-19-7-17-37(32-39)38-18-8-20-40(33-38)51-44-23-6-3-14-36(44)30-31-52-51;37-27-14-5-13-26(23-27)30-21-22-35(32-18-7-12-25-10-2-4-16-29(25)32)36-33(30)19-8-20-34(36)31-17-6-11-24-9-1-3-15-28(24)31;1-20(2)21(3,4)25-22(24-20)17-10-7-9-16(14-17)19-18-11-6-5-8-15(18)12-13-23-19;2*1-4(6)3-5(2)7;;/h1-19,21-33H;1-23H;5-8,10-14H,1-4H3;2*3-4,6-7H,1-2H3;;/q-1;;-1;;;;. The van der Waals surface area contributed by atoms with E-state index in [0.29, 0.717) is 0 Å². The van der Waals surface area contributed by atoms with E-state index in [1.54, 1.807) is 13.8 Å². The first-order valence-corrected chi connectivity index (χ1v) is 44.1. The summed E-state index contributed by atoms with van der Waals surface area (Å²) in [6.45, 7) is 14.5. The number of aliphatic hydroxyl groups is 4. The molecule has 2 aromatic heterocycles. The van der Waals surface area contributed by atoms with Crippen LogP contribution in [0.5, 0.6) is 0 Å². The Morgan fingerprint density at radius 1 is 0.323 bits per heavy atom. The van der Waals surface area contributed by atoms with Gasteiger partial charge in [0.25, 0.3) is 0 Å². The van der Waals surface area contributed by atoms with E-state index in [1.807, 2.05) is 48.8 Å². The molecule has 2 radical (unpaired) electrons. The minimum absolute atomic E-state index is 0. The van der Waals surface area contributed by atoms with Gasteiger partial charge >= 0.3 is 7.12 Å². The molecule has 1 aliphatic heterocycles. The number of hydrogen-bond acceptors (Lipinski definition) is 8. The van der Waals surface area contributed by atoms with Gasteiger partial charge in [-0.1, -0.05) is 325 Å². The third-order valence-electron chi connectivity index (χ3n) is 24.0. The van der Waals surface area contributed by atoms with Gasteiger partial charge in [0.1, 0.15) is 0 Å².